The predicted octanol–water partition coefficient (Wildman–Crippen LogP) is 8.23. The van der Waals surface area contributed by atoms with Gasteiger partial charge < -0.3 is 0 Å². The average molecular weight is 413 g/mol. The molecule has 0 saturated heterocycles. The van der Waals surface area contributed by atoms with E-state index < -0.39 is 0 Å². The van der Waals surface area contributed by atoms with E-state index in [1.165, 1.54) is 51.4 Å². The molecule has 3 saturated carbocycles. The fraction of sp³-hybridized carbons (Fsp3) is 0.897. The zero-order valence-corrected chi connectivity index (χ0v) is 20.8. The molecule has 0 amide bonds. The number of rotatable bonds is 6. The van der Waals surface area contributed by atoms with E-state index in [-0.39, 0.29) is 0 Å². The Morgan fingerprint density at radius 3 is 2.53 bits per heavy atom. The Morgan fingerprint density at radius 1 is 1.07 bits per heavy atom. The van der Waals surface area contributed by atoms with Crippen LogP contribution in [-0.4, -0.2) is 5.78 Å². The van der Waals surface area contributed by atoms with E-state index in [1.807, 2.05) is 0 Å². The summed E-state index contributed by atoms with van der Waals surface area (Å²) in [6, 6.07) is 0. The summed E-state index contributed by atoms with van der Waals surface area (Å²) in [5, 5.41) is 0. The van der Waals surface area contributed by atoms with Crippen LogP contribution < -0.4 is 0 Å². The molecule has 0 spiro atoms. The molecular weight excluding hydrogens is 364 g/mol. The number of allylic oxidation sites excluding steroid dienone is 2. The van der Waals surface area contributed by atoms with Crippen molar-refractivity contribution in [3.8, 4) is 0 Å². The van der Waals surface area contributed by atoms with Crippen molar-refractivity contribution in [2.45, 2.75) is 112 Å². The van der Waals surface area contributed by atoms with Gasteiger partial charge in [-0.25, -0.2) is 0 Å². The standard InChI is InChI=1S/C29H48O/c1-7-21(19(2)3)9-8-20(4)25-12-13-26-24-11-10-22-18-23(30)14-16-28(22,5)27(24)15-17-29(25,26)6/h15,19-22,24-26H,7-14,16-18H2,1-6H3/t20-,21-,22+,24+,25-,26+,28+,29-/m1/s1. The Balaban J connectivity index is 1.50. The fourth-order valence-corrected chi connectivity index (χ4v) is 8.98. The zero-order chi connectivity index (χ0) is 21.7. The van der Waals surface area contributed by atoms with Crippen molar-refractivity contribution in [3.05, 3.63) is 11.6 Å². The first-order chi connectivity index (χ1) is 14.2. The van der Waals surface area contributed by atoms with Gasteiger partial charge in [0, 0.05) is 12.8 Å². The second kappa shape index (κ2) is 8.40. The van der Waals surface area contributed by atoms with Crippen LogP contribution in [0.2, 0.25) is 0 Å². The Bertz CT molecular complexity index is 674. The minimum Gasteiger partial charge on any atom is -0.300 e. The summed E-state index contributed by atoms with van der Waals surface area (Å²) < 4.78 is 0. The van der Waals surface area contributed by atoms with Gasteiger partial charge in [0.1, 0.15) is 5.78 Å². The van der Waals surface area contributed by atoms with Crippen LogP contribution in [0.3, 0.4) is 0 Å². The minimum absolute atomic E-state index is 0.327. The van der Waals surface area contributed by atoms with E-state index in [0.29, 0.717) is 22.5 Å². The Kier molecular flexibility index (Phi) is 6.33. The van der Waals surface area contributed by atoms with Crippen LogP contribution in [0.4, 0.5) is 0 Å². The highest BCUT2D eigenvalue weighted by molar-refractivity contribution is 5.80. The van der Waals surface area contributed by atoms with Gasteiger partial charge >= 0.3 is 0 Å². The van der Waals surface area contributed by atoms with Crippen LogP contribution in [0.25, 0.3) is 0 Å². The van der Waals surface area contributed by atoms with Crippen molar-refractivity contribution in [1.29, 1.82) is 0 Å². The van der Waals surface area contributed by atoms with Gasteiger partial charge in [-0.05, 0) is 97.2 Å². The first kappa shape index (κ1) is 22.6. The van der Waals surface area contributed by atoms with E-state index in [9.17, 15) is 4.79 Å². The first-order valence-electron chi connectivity index (χ1n) is 13.4. The molecular formula is C29H48O. The fourth-order valence-electron chi connectivity index (χ4n) is 8.98. The molecule has 4 rings (SSSR count). The SMILES string of the molecule is CC[C@H](CC[C@@H](C)[C@H]1CC[C@H]2[C@@H]3CC[C@H]4CC(=O)CC[C@]4(C)C3=CC[C@]12C)C(C)C. The predicted molar refractivity (Wildman–Crippen MR) is 127 cm³/mol. The summed E-state index contributed by atoms with van der Waals surface area (Å²) in [6.45, 7) is 15.0. The van der Waals surface area contributed by atoms with E-state index in [4.69, 9.17) is 0 Å². The third-order valence-corrected chi connectivity index (χ3v) is 11.1. The maximum absolute atomic E-state index is 12.1. The second-order valence-electron chi connectivity index (χ2n) is 12.7. The molecule has 0 aromatic rings. The quantitative estimate of drug-likeness (QED) is 0.401. The summed E-state index contributed by atoms with van der Waals surface area (Å²) in [4.78, 5) is 12.1. The van der Waals surface area contributed by atoms with Gasteiger partial charge in [-0.2, -0.15) is 0 Å². The highest BCUT2D eigenvalue weighted by atomic mass is 16.1. The molecule has 0 aromatic heterocycles. The number of ketones is 1. The van der Waals surface area contributed by atoms with Gasteiger partial charge in [0.05, 0.1) is 0 Å². The maximum Gasteiger partial charge on any atom is 0.133 e. The molecule has 0 bridgehead atoms. The molecule has 4 aliphatic rings. The van der Waals surface area contributed by atoms with Crippen LogP contribution in [-0.2, 0) is 4.79 Å². The summed E-state index contributed by atoms with van der Waals surface area (Å²) >= 11 is 0. The van der Waals surface area contributed by atoms with Crippen molar-refractivity contribution in [1.82, 2.24) is 0 Å². The highest BCUT2D eigenvalue weighted by Gasteiger charge is 2.57. The van der Waals surface area contributed by atoms with E-state index in [2.05, 4.69) is 47.6 Å². The molecule has 1 heteroatoms. The van der Waals surface area contributed by atoms with Gasteiger partial charge in [-0.1, -0.05) is 66.0 Å². The number of hydrogen-bond donors (Lipinski definition) is 0. The number of carbonyl (C=O) groups excluding carboxylic acids is 1. The third kappa shape index (κ3) is 3.65. The first-order valence-corrected chi connectivity index (χ1v) is 13.4. The Labute approximate surface area is 186 Å². The summed E-state index contributed by atoms with van der Waals surface area (Å²) in [6.07, 6.45) is 16.6. The van der Waals surface area contributed by atoms with Crippen molar-refractivity contribution in [3.63, 3.8) is 0 Å². The van der Waals surface area contributed by atoms with Crippen LogP contribution in [0.15, 0.2) is 11.6 Å². The lowest BCUT2D eigenvalue weighted by molar-refractivity contribution is -0.125. The van der Waals surface area contributed by atoms with Gasteiger partial charge in [-0.3, -0.25) is 4.79 Å². The molecule has 0 aromatic carbocycles. The Morgan fingerprint density at radius 2 is 1.83 bits per heavy atom. The molecule has 0 heterocycles. The lowest BCUT2D eigenvalue weighted by atomic mass is 9.48. The number of hydrogen-bond acceptors (Lipinski definition) is 1. The van der Waals surface area contributed by atoms with E-state index in [1.54, 1.807) is 5.57 Å². The monoisotopic (exact) mass is 412 g/mol. The lowest BCUT2D eigenvalue weighted by Gasteiger charge is -2.56. The number of carbonyl (C=O) groups is 1. The number of Topliss-reactive ketones (excluding diaryl/α,β-unsaturated/α-hetero) is 1. The molecule has 4 aliphatic carbocycles. The van der Waals surface area contributed by atoms with Crippen molar-refractivity contribution in [2.24, 2.45) is 52.3 Å². The van der Waals surface area contributed by atoms with Crippen LogP contribution >= 0.6 is 0 Å². The molecule has 1 nitrogen and oxygen atoms in total. The lowest BCUT2D eigenvalue weighted by Crippen LogP contribution is -2.48. The summed E-state index contributed by atoms with van der Waals surface area (Å²) in [5.74, 6) is 6.36. The largest absolute Gasteiger partial charge is 0.300 e. The Hall–Kier alpha value is -0.590. The second-order valence-corrected chi connectivity index (χ2v) is 12.7. The van der Waals surface area contributed by atoms with Crippen molar-refractivity contribution < 1.29 is 4.79 Å². The van der Waals surface area contributed by atoms with Gasteiger partial charge in [-0.15, -0.1) is 0 Å². The topological polar surface area (TPSA) is 17.1 Å². The summed E-state index contributed by atoms with van der Waals surface area (Å²) in [5.41, 5.74) is 2.64. The van der Waals surface area contributed by atoms with Gasteiger partial charge in [0.25, 0.3) is 0 Å². The molecule has 0 unspecified atom stereocenters. The molecule has 0 N–H and O–H groups in total. The van der Waals surface area contributed by atoms with E-state index >= 15 is 0 Å². The number of fused-ring (bicyclic) bond motifs is 5. The normalized spacial score (nSPS) is 42.9. The summed E-state index contributed by atoms with van der Waals surface area (Å²) in [7, 11) is 0. The minimum atomic E-state index is 0.327. The maximum atomic E-state index is 12.1. The molecule has 30 heavy (non-hydrogen) atoms. The van der Waals surface area contributed by atoms with Crippen molar-refractivity contribution in [2.75, 3.05) is 0 Å². The zero-order valence-electron chi connectivity index (χ0n) is 20.8. The molecule has 0 aliphatic heterocycles. The smallest absolute Gasteiger partial charge is 0.133 e. The van der Waals surface area contributed by atoms with Gasteiger partial charge in [0.15, 0.2) is 0 Å². The highest BCUT2D eigenvalue weighted by Crippen LogP contribution is 2.66. The van der Waals surface area contributed by atoms with Gasteiger partial charge in [0.2, 0.25) is 0 Å². The van der Waals surface area contributed by atoms with Crippen molar-refractivity contribution >= 4 is 5.78 Å². The van der Waals surface area contributed by atoms with E-state index in [0.717, 1.165) is 54.8 Å². The third-order valence-electron chi connectivity index (χ3n) is 11.1. The molecule has 0 radical (unpaired) electrons. The molecule has 170 valence electrons. The van der Waals surface area contributed by atoms with Crippen LogP contribution in [0, 0.1) is 52.3 Å². The average Bonchev–Trinajstić information content (AvgIpc) is 3.06. The molecule has 3 fully saturated rings. The molecule has 8 atom stereocenters. The van der Waals surface area contributed by atoms with Crippen LogP contribution in [0.1, 0.15) is 112 Å². The van der Waals surface area contributed by atoms with Crippen LogP contribution in [0.5, 0.6) is 0 Å².